The lowest BCUT2D eigenvalue weighted by atomic mass is 10.2. The first-order valence-corrected chi connectivity index (χ1v) is 11.1. The highest BCUT2D eigenvalue weighted by molar-refractivity contribution is 8.19. The highest BCUT2D eigenvalue weighted by Crippen LogP contribution is 2.35. The molecule has 1 aliphatic rings. The van der Waals surface area contributed by atoms with Crippen molar-refractivity contribution < 1.29 is 22.7 Å². The number of methoxy groups -OCH3 is 2. The quantitative estimate of drug-likeness (QED) is 0.480. The zero-order valence-corrected chi connectivity index (χ0v) is 18.1. The Balaban J connectivity index is 1.99. The predicted molar refractivity (Wildman–Crippen MR) is 118 cm³/mol. The summed E-state index contributed by atoms with van der Waals surface area (Å²) >= 11 is 0.995. The Morgan fingerprint density at radius 3 is 2.43 bits per heavy atom. The van der Waals surface area contributed by atoms with Gasteiger partial charge in [0.05, 0.1) is 24.0 Å². The maximum absolute atomic E-state index is 12.9. The topological polar surface area (TPSA) is 85.3 Å². The standard InChI is InChI=1S/C21H20N2O5S2/c1-4-12-23-20(24)19(14-15-10-11-17(27-2)18(13-15)28-3)29-21(23)22-30(25,26)16-8-6-5-7-9-16/h4-11,13-14H,1,12H2,2-3H3/b19-14-,22-21?. The molecule has 0 aromatic heterocycles. The number of hydrogen-bond donors (Lipinski definition) is 0. The molecule has 2 aromatic rings. The van der Waals surface area contributed by atoms with Crippen LogP contribution in [0.5, 0.6) is 11.5 Å². The first-order chi connectivity index (χ1) is 14.4. The molecule has 3 rings (SSSR count). The van der Waals surface area contributed by atoms with Crippen molar-refractivity contribution in [3.63, 3.8) is 0 Å². The average Bonchev–Trinajstić information content (AvgIpc) is 3.02. The molecule has 2 aromatic carbocycles. The summed E-state index contributed by atoms with van der Waals surface area (Å²) in [6.07, 6.45) is 3.17. The van der Waals surface area contributed by atoms with Crippen LogP contribution in [0, 0.1) is 0 Å². The molecule has 1 fully saturated rings. The van der Waals surface area contributed by atoms with Gasteiger partial charge < -0.3 is 9.47 Å². The third-order valence-corrected chi connectivity index (χ3v) is 6.55. The smallest absolute Gasteiger partial charge is 0.284 e. The van der Waals surface area contributed by atoms with Gasteiger partial charge in [-0.1, -0.05) is 30.3 Å². The van der Waals surface area contributed by atoms with Gasteiger partial charge in [-0.2, -0.15) is 8.42 Å². The normalized spacial score (nSPS) is 16.9. The first kappa shape index (κ1) is 21.7. The van der Waals surface area contributed by atoms with Crippen molar-refractivity contribution in [1.82, 2.24) is 4.90 Å². The van der Waals surface area contributed by atoms with Gasteiger partial charge in [0.15, 0.2) is 16.7 Å². The molecule has 0 spiro atoms. The lowest BCUT2D eigenvalue weighted by molar-refractivity contribution is -0.121. The molecule has 1 heterocycles. The van der Waals surface area contributed by atoms with Crippen LogP contribution >= 0.6 is 11.8 Å². The summed E-state index contributed by atoms with van der Waals surface area (Å²) in [5.41, 5.74) is 0.703. The molecule has 156 valence electrons. The van der Waals surface area contributed by atoms with Gasteiger partial charge in [-0.25, -0.2) is 0 Å². The number of amidine groups is 1. The number of sulfonamides is 1. The van der Waals surface area contributed by atoms with Gasteiger partial charge >= 0.3 is 0 Å². The van der Waals surface area contributed by atoms with Gasteiger partial charge in [0.2, 0.25) is 0 Å². The number of amides is 1. The second-order valence-electron chi connectivity index (χ2n) is 6.09. The zero-order chi connectivity index (χ0) is 21.7. The van der Waals surface area contributed by atoms with E-state index < -0.39 is 10.0 Å². The van der Waals surface area contributed by atoms with E-state index in [-0.39, 0.29) is 22.5 Å². The Bertz CT molecular complexity index is 1130. The Morgan fingerprint density at radius 1 is 1.10 bits per heavy atom. The Kier molecular flexibility index (Phi) is 6.63. The molecule has 0 unspecified atom stereocenters. The molecule has 1 aliphatic heterocycles. The van der Waals surface area contributed by atoms with Crippen molar-refractivity contribution in [1.29, 1.82) is 0 Å². The second kappa shape index (κ2) is 9.19. The van der Waals surface area contributed by atoms with Crippen LogP contribution in [0.15, 0.2) is 75.4 Å². The van der Waals surface area contributed by atoms with E-state index in [0.717, 1.165) is 11.8 Å². The molecular formula is C21H20N2O5S2. The minimum absolute atomic E-state index is 0.0569. The summed E-state index contributed by atoms with van der Waals surface area (Å²) in [6.45, 7) is 3.78. The summed E-state index contributed by atoms with van der Waals surface area (Å²) in [4.78, 5) is 14.5. The van der Waals surface area contributed by atoms with Crippen molar-refractivity contribution in [3.05, 3.63) is 71.7 Å². The van der Waals surface area contributed by atoms with Crippen molar-refractivity contribution >= 4 is 38.9 Å². The molecule has 0 bridgehead atoms. The van der Waals surface area contributed by atoms with E-state index in [1.165, 1.54) is 37.3 Å². The van der Waals surface area contributed by atoms with Crippen molar-refractivity contribution in [2.45, 2.75) is 4.90 Å². The van der Waals surface area contributed by atoms with E-state index in [9.17, 15) is 13.2 Å². The van der Waals surface area contributed by atoms with Crippen LogP contribution in [0.4, 0.5) is 0 Å². The minimum Gasteiger partial charge on any atom is -0.493 e. The maximum atomic E-state index is 12.9. The van der Waals surface area contributed by atoms with Crippen molar-refractivity contribution in [3.8, 4) is 11.5 Å². The van der Waals surface area contributed by atoms with Gasteiger partial charge in [-0.15, -0.1) is 11.0 Å². The number of ether oxygens (including phenoxy) is 2. The van der Waals surface area contributed by atoms with Crippen LogP contribution in [-0.2, 0) is 14.8 Å². The number of benzene rings is 2. The fraction of sp³-hybridized carbons (Fsp3) is 0.143. The average molecular weight is 445 g/mol. The highest BCUT2D eigenvalue weighted by Gasteiger charge is 2.34. The number of hydrogen-bond acceptors (Lipinski definition) is 6. The Labute approximate surface area is 179 Å². The molecule has 9 heteroatoms. The molecule has 0 radical (unpaired) electrons. The largest absolute Gasteiger partial charge is 0.493 e. The Hall–Kier alpha value is -3.04. The van der Waals surface area contributed by atoms with Crippen LogP contribution in [0.25, 0.3) is 6.08 Å². The third-order valence-electron chi connectivity index (χ3n) is 4.14. The van der Waals surface area contributed by atoms with E-state index in [4.69, 9.17) is 9.47 Å². The van der Waals surface area contributed by atoms with Crippen molar-refractivity contribution in [2.75, 3.05) is 20.8 Å². The van der Waals surface area contributed by atoms with E-state index in [2.05, 4.69) is 11.0 Å². The SMILES string of the molecule is C=CCN1C(=O)/C(=C/c2ccc(OC)c(OC)c2)SC1=NS(=O)(=O)c1ccccc1. The van der Waals surface area contributed by atoms with E-state index in [0.29, 0.717) is 22.0 Å². The van der Waals surface area contributed by atoms with Gasteiger partial charge in [-0.3, -0.25) is 9.69 Å². The lowest BCUT2D eigenvalue weighted by Gasteiger charge is -2.12. The second-order valence-corrected chi connectivity index (χ2v) is 8.70. The van der Waals surface area contributed by atoms with Crippen LogP contribution in [0.1, 0.15) is 5.56 Å². The molecule has 7 nitrogen and oxygen atoms in total. The van der Waals surface area contributed by atoms with Crippen LogP contribution in [0.3, 0.4) is 0 Å². The fourth-order valence-corrected chi connectivity index (χ4v) is 4.92. The maximum Gasteiger partial charge on any atom is 0.284 e. The molecule has 0 N–H and O–H groups in total. The van der Waals surface area contributed by atoms with Crippen LogP contribution in [0.2, 0.25) is 0 Å². The molecule has 0 atom stereocenters. The zero-order valence-electron chi connectivity index (χ0n) is 16.4. The number of carbonyl (C=O) groups is 1. The van der Waals surface area contributed by atoms with Gasteiger partial charge in [-0.05, 0) is 47.7 Å². The third kappa shape index (κ3) is 4.58. The van der Waals surface area contributed by atoms with Gasteiger partial charge in [0.25, 0.3) is 15.9 Å². The summed E-state index contributed by atoms with van der Waals surface area (Å²) in [6, 6.07) is 13.1. The molecule has 30 heavy (non-hydrogen) atoms. The van der Waals surface area contributed by atoms with Gasteiger partial charge in [0.1, 0.15) is 0 Å². The van der Waals surface area contributed by atoms with E-state index in [1.807, 2.05) is 0 Å². The van der Waals surface area contributed by atoms with Crippen LogP contribution in [-0.4, -0.2) is 45.2 Å². The number of rotatable bonds is 7. The summed E-state index contributed by atoms with van der Waals surface area (Å²) in [7, 11) is -0.899. The van der Waals surface area contributed by atoms with Crippen molar-refractivity contribution in [2.24, 2.45) is 4.40 Å². The fourth-order valence-electron chi connectivity index (χ4n) is 2.71. The molecule has 0 aliphatic carbocycles. The number of carbonyl (C=O) groups excluding carboxylic acids is 1. The summed E-state index contributed by atoms with van der Waals surface area (Å²) < 4.78 is 39.7. The molecular weight excluding hydrogens is 424 g/mol. The highest BCUT2D eigenvalue weighted by atomic mass is 32.2. The summed E-state index contributed by atoms with van der Waals surface area (Å²) in [5.74, 6) is 0.733. The molecule has 1 amide bonds. The first-order valence-electron chi connectivity index (χ1n) is 8.84. The number of thioether (sulfide) groups is 1. The lowest BCUT2D eigenvalue weighted by Crippen LogP contribution is -2.29. The Morgan fingerprint density at radius 2 is 1.80 bits per heavy atom. The molecule has 0 saturated carbocycles. The van der Waals surface area contributed by atoms with E-state index in [1.54, 1.807) is 42.5 Å². The monoisotopic (exact) mass is 444 g/mol. The summed E-state index contributed by atoms with van der Waals surface area (Å²) in [5, 5.41) is 0.0791. The minimum atomic E-state index is -3.96. The van der Waals surface area contributed by atoms with E-state index >= 15 is 0 Å². The van der Waals surface area contributed by atoms with Gasteiger partial charge in [0, 0.05) is 6.54 Å². The van der Waals surface area contributed by atoms with Crippen LogP contribution < -0.4 is 9.47 Å². The molecule has 1 saturated heterocycles. The number of nitrogens with zero attached hydrogens (tertiary/aromatic N) is 2. The predicted octanol–water partition coefficient (Wildman–Crippen LogP) is 3.55.